The number of likely N-dealkylation sites (tertiary alicyclic amines) is 1. The van der Waals surface area contributed by atoms with Crippen LogP contribution in [0.5, 0.6) is 23.0 Å². The number of benzene rings is 3. The molecule has 0 spiro atoms. The van der Waals surface area contributed by atoms with Crippen LogP contribution in [-0.4, -0.2) is 68.1 Å². The van der Waals surface area contributed by atoms with Crippen molar-refractivity contribution in [2.75, 3.05) is 51.1 Å². The lowest BCUT2D eigenvalue weighted by molar-refractivity contribution is -0.142. The number of nitrogens with zero attached hydrogens (tertiary/aromatic N) is 2. The van der Waals surface area contributed by atoms with E-state index >= 15 is 4.39 Å². The van der Waals surface area contributed by atoms with Gasteiger partial charge in [0, 0.05) is 37.9 Å². The molecule has 0 bridgehead atoms. The molecule has 11 nitrogen and oxygen atoms in total. The van der Waals surface area contributed by atoms with Crippen LogP contribution in [0.1, 0.15) is 42.4 Å². The molecule has 4 aromatic rings. The monoisotopic (exact) mass is 708 g/mol. The number of hydrogen-bond donors (Lipinski definition) is 2. The highest BCUT2D eigenvalue weighted by molar-refractivity contribution is 6.16. The summed E-state index contributed by atoms with van der Waals surface area (Å²) in [6, 6.07) is 14.3. The van der Waals surface area contributed by atoms with Gasteiger partial charge in [0.05, 0.1) is 32.9 Å². The normalized spacial score (nSPS) is 15.2. The van der Waals surface area contributed by atoms with Gasteiger partial charge in [-0.2, -0.15) is 0 Å². The summed E-state index contributed by atoms with van der Waals surface area (Å²) in [6.07, 6.45) is 3.97. The van der Waals surface area contributed by atoms with Crippen LogP contribution in [0.15, 0.2) is 66.9 Å². The van der Waals surface area contributed by atoms with E-state index in [9.17, 15) is 18.8 Å². The lowest BCUT2D eigenvalue weighted by Crippen LogP contribution is -2.39. The first kappa shape index (κ1) is 37.0. The quantitative estimate of drug-likeness (QED) is 0.114. The molecule has 51 heavy (non-hydrogen) atoms. The zero-order valence-electron chi connectivity index (χ0n) is 29.1. The van der Waals surface area contributed by atoms with Crippen LogP contribution in [0.2, 0.25) is 0 Å². The van der Waals surface area contributed by atoms with Crippen molar-refractivity contribution in [1.29, 1.82) is 0 Å². The molecule has 2 heterocycles. The molecule has 1 saturated carbocycles. The first-order chi connectivity index (χ1) is 24.7. The Balaban J connectivity index is 0.00000186. The zero-order valence-corrected chi connectivity index (χ0v) is 29.1. The molecule has 1 aromatic heterocycles. The number of rotatable bonds is 12. The maximum Gasteiger partial charge on any atom is 0.319 e. The number of halogens is 2. The van der Waals surface area contributed by atoms with Crippen LogP contribution >= 0.6 is 0 Å². The summed E-state index contributed by atoms with van der Waals surface area (Å²) in [4.78, 5) is 44.0. The van der Waals surface area contributed by atoms with Gasteiger partial charge >= 0.3 is 5.97 Å². The van der Waals surface area contributed by atoms with E-state index in [0.717, 1.165) is 32.0 Å². The van der Waals surface area contributed by atoms with Crippen molar-refractivity contribution in [3.8, 4) is 23.0 Å². The minimum Gasteiger partial charge on any atom is -0.493 e. The number of aromatic nitrogens is 1. The number of esters is 1. The number of ether oxygens (including phenoxy) is 4. The molecular weight excluding hydrogens is 662 g/mol. The average molecular weight is 709 g/mol. The Morgan fingerprint density at radius 3 is 2.16 bits per heavy atom. The van der Waals surface area contributed by atoms with Crippen LogP contribution in [0.25, 0.3) is 10.9 Å². The second kappa shape index (κ2) is 16.6. The number of carbonyl (C=O) groups is 3. The molecular formula is C38H46F2N4O7. The summed E-state index contributed by atoms with van der Waals surface area (Å²) < 4.78 is 51.0. The van der Waals surface area contributed by atoms with Gasteiger partial charge in [-0.1, -0.05) is 13.8 Å². The highest BCUT2D eigenvalue weighted by Gasteiger charge is 2.56. The van der Waals surface area contributed by atoms with Crippen LogP contribution in [0, 0.1) is 23.0 Å². The van der Waals surface area contributed by atoms with Gasteiger partial charge in [-0.25, -0.2) is 8.78 Å². The number of fused-ring (bicyclic) bond motifs is 1. The minimum atomic E-state index is -1.29. The molecule has 0 unspecified atom stereocenters. The second-order valence-corrected chi connectivity index (χ2v) is 12.2. The SMILES string of the molecule is CC.COC(=O)CN1CCC(COc2cc3nccc(Oc4ccc(NC(=O)C5(C(=O)Nc6ccc(F)cc6)CC5)cc4F)c3cc2OC)CC1.[HH].[HH]. The molecule has 13 heteroatoms. The van der Waals surface area contributed by atoms with Crippen molar-refractivity contribution >= 4 is 40.1 Å². The van der Waals surface area contributed by atoms with Gasteiger partial charge in [-0.3, -0.25) is 24.3 Å². The van der Waals surface area contributed by atoms with Crippen molar-refractivity contribution in [3.63, 3.8) is 0 Å². The number of anilines is 2. The van der Waals surface area contributed by atoms with E-state index in [4.69, 9.17) is 18.9 Å². The Kier molecular flexibility index (Phi) is 12.0. The zero-order chi connectivity index (χ0) is 36.5. The maximum atomic E-state index is 15.3. The predicted octanol–water partition coefficient (Wildman–Crippen LogP) is 7.45. The molecule has 1 saturated heterocycles. The molecule has 2 aliphatic rings. The van der Waals surface area contributed by atoms with E-state index in [-0.39, 0.29) is 26.8 Å². The lowest BCUT2D eigenvalue weighted by Gasteiger charge is -2.31. The van der Waals surface area contributed by atoms with E-state index in [1.54, 1.807) is 24.4 Å². The lowest BCUT2D eigenvalue weighted by atomic mass is 9.98. The maximum absolute atomic E-state index is 15.3. The Morgan fingerprint density at radius 1 is 0.863 bits per heavy atom. The Labute approximate surface area is 298 Å². The number of amides is 2. The van der Waals surface area contributed by atoms with Crippen molar-refractivity contribution < 1.29 is 45.0 Å². The van der Waals surface area contributed by atoms with E-state index in [2.05, 4.69) is 20.5 Å². The first-order valence-corrected chi connectivity index (χ1v) is 16.9. The number of carbonyl (C=O) groups excluding carboxylic acids is 3. The summed E-state index contributed by atoms with van der Waals surface area (Å²) >= 11 is 0. The highest BCUT2D eigenvalue weighted by atomic mass is 19.1. The van der Waals surface area contributed by atoms with Gasteiger partial charge in [-0.05, 0) is 93.2 Å². The largest absolute Gasteiger partial charge is 0.493 e. The molecule has 2 N–H and O–H groups in total. The Bertz CT molecular complexity index is 1870. The molecule has 0 radical (unpaired) electrons. The fourth-order valence-electron chi connectivity index (χ4n) is 5.75. The number of pyridine rings is 1. The molecule has 6 rings (SSSR count). The van der Waals surface area contributed by atoms with E-state index in [1.807, 2.05) is 13.8 Å². The van der Waals surface area contributed by atoms with Crippen molar-refractivity contribution in [2.45, 2.75) is 39.5 Å². The summed E-state index contributed by atoms with van der Waals surface area (Å²) in [6.45, 7) is 6.31. The van der Waals surface area contributed by atoms with Gasteiger partial charge in [0.15, 0.2) is 23.1 Å². The average Bonchev–Trinajstić information content (AvgIpc) is 3.97. The summed E-state index contributed by atoms with van der Waals surface area (Å²) in [5.74, 6) is -0.957. The van der Waals surface area contributed by atoms with Gasteiger partial charge in [0.2, 0.25) is 11.8 Å². The van der Waals surface area contributed by atoms with Crippen molar-refractivity contribution in [1.82, 2.24) is 9.88 Å². The molecule has 3 aromatic carbocycles. The second-order valence-electron chi connectivity index (χ2n) is 12.2. The number of methoxy groups -OCH3 is 2. The van der Waals surface area contributed by atoms with Crippen molar-refractivity contribution in [3.05, 3.63) is 78.5 Å². The molecule has 0 atom stereocenters. The van der Waals surface area contributed by atoms with E-state index in [0.29, 0.717) is 59.2 Å². The number of piperidine rings is 1. The topological polar surface area (TPSA) is 128 Å². The third kappa shape index (κ3) is 8.90. The standard InChI is InChI=1S/C36H36F2N4O7.C2H6.2H2/c1-46-31-18-26-28(19-32(31)48-21-22-10-15-42(16-11-22)20-33(43)47-2)39-14-9-29(26)49-30-8-7-25(17-27(30)38)41-35(45)36(12-13-36)34(44)40-24-5-3-23(37)4-6-24;1-2;;/h3-9,14,17-19,22H,10-13,15-16,20-21H2,1-2H3,(H,40,44)(H,41,45);1-2H3;2*1H. The van der Waals surface area contributed by atoms with Gasteiger partial charge in [0.25, 0.3) is 0 Å². The molecule has 2 fully saturated rings. The van der Waals surface area contributed by atoms with Crippen LogP contribution in [0.3, 0.4) is 0 Å². The van der Waals surface area contributed by atoms with Gasteiger partial charge in [-0.15, -0.1) is 0 Å². The third-order valence-corrected chi connectivity index (χ3v) is 8.88. The molecule has 274 valence electrons. The first-order valence-electron chi connectivity index (χ1n) is 16.9. The fraction of sp³-hybridized carbons (Fsp3) is 0.368. The number of nitrogens with one attached hydrogen (secondary N) is 2. The Morgan fingerprint density at radius 2 is 1.53 bits per heavy atom. The van der Waals surface area contributed by atoms with Gasteiger partial charge in [0.1, 0.15) is 17.0 Å². The summed E-state index contributed by atoms with van der Waals surface area (Å²) in [5, 5.41) is 5.85. The van der Waals surface area contributed by atoms with E-state index < -0.39 is 28.9 Å². The third-order valence-electron chi connectivity index (χ3n) is 8.88. The molecule has 2 amide bonds. The smallest absolute Gasteiger partial charge is 0.319 e. The number of hydrogen-bond acceptors (Lipinski definition) is 9. The van der Waals surface area contributed by atoms with Crippen LogP contribution < -0.4 is 24.8 Å². The molecule has 1 aliphatic heterocycles. The van der Waals surface area contributed by atoms with E-state index in [1.165, 1.54) is 50.6 Å². The highest BCUT2D eigenvalue weighted by Crippen LogP contribution is 2.48. The predicted molar refractivity (Wildman–Crippen MR) is 192 cm³/mol. The minimum absolute atomic E-state index is 0. The van der Waals surface area contributed by atoms with Gasteiger partial charge < -0.3 is 29.6 Å². The van der Waals surface area contributed by atoms with Crippen molar-refractivity contribution in [2.24, 2.45) is 11.3 Å². The van der Waals surface area contributed by atoms with Crippen LogP contribution in [0.4, 0.5) is 20.2 Å². The summed E-state index contributed by atoms with van der Waals surface area (Å²) in [7, 11) is 2.92. The molecule has 1 aliphatic carbocycles. The summed E-state index contributed by atoms with van der Waals surface area (Å²) in [5.41, 5.74) is -0.207. The Hall–Kier alpha value is -5.30. The fourth-order valence-corrected chi connectivity index (χ4v) is 5.75. The van der Waals surface area contributed by atoms with Crippen LogP contribution in [-0.2, 0) is 19.1 Å².